The van der Waals surface area contributed by atoms with E-state index < -0.39 is 0 Å². The van der Waals surface area contributed by atoms with Crippen LogP contribution in [-0.2, 0) is 6.61 Å². The molecule has 2 aromatic rings. The van der Waals surface area contributed by atoms with Gasteiger partial charge in [-0.05, 0) is 37.0 Å². The summed E-state index contributed by atoms with van der Waals surface area (Å²) in [5.74, 6) is 1.30. The highest BCUT2D eigenvalue weighted by Crippen LogP contribution is 2.51. The monoisotopic (exact) mass is 226 g/mol. The molecule has 2 bridgehead atoms. The number of hydrogen-bond acceptors (Lipinski definition) is 3. The lowest BCUT2D eigenvalue weighted by molar-refractivity contribution is 0.282. The summed E-state index contributed by atoms with van der Waals surface area (Å²) in [5, 5.41) is 9.15. The number of aliphatic hydroxyl groups excluding tert-OH is 1. The van der Waals surface area contributed by atoms with Crippen molar-refractivity contribution in [1.82, 2.24) is 9.97 Å². The first-order valence-electron chi connectivity index (χ1n) is 6.26. The minimum absolute atomic E-state index is 0.0702. The SMILES string of the molecule is OCc1ccc2nc3c(nc2c1)[C@@H]1CC[C@H]3C1. The number of aromatic nitrogens is 2. The van der Waals surface area contributed by atoms with Gasteiger partial charge in [-0.1, -0.05) is 6.07 Å². The van der Waals surface area contributed by atoms with E-state index in [1.165, 1.54) is 30.7 Å². The molecule has 3 nitrogen and oxygen atoms in total. The fraction of sp³-hybridized carbons (Fsp3) is 0.429. The van der Waals surface area contributed by atoms with Crippen LogP contribution in [0.1, 0.15) is 48.0 Å². The quantitative estimate of drug-likeness (QED) is 0.812. The Balaban J connectivity index is 1.97. The highest BCUT2D eigenvalue weighted by atomic mass is 16.3. The number of nitrogens with zero attached hydrogens (tertiary/aromatic N) is 2. The number of benzene rings is 1. The van der Waals surface area contributed by atoms with E-state index >= 15 is 0 Å². The number of fused-ring (bicyclic) bond motifs is 6. The Morgan fingerprint density at radius 1 is 1.06 bits per heavy atom. The molecule has 0 unspecified atom stereocenters. The molecular formula is C14H14N2O. The maximum absolute atomic E-state index is 9.15. The Morgan fingerprint density at radius 2 is 1.76 bits per heavy atom. The smallest absolute Gasteiger partial charge is 0.0894 e. The third-order valence-electron chi connectivity index (χ3n) is 4.17. The van der Waals surface area contributed by atoms with Crippen molar-refractivity contribution in [1.29, 1.82) is 0 Å². The van der Waals surface area contributed by atoms with Crippen LogP contribution in [0.3, 0.4) is 0 Å². The van der Waals surface area contributed by atoms with Crippen LogP contribution in [-0.4, -0.2) is 15.1 Å². The maximum Gasteiger partial charge on any atom is 0.0894 e. The number of aliphatic hydroxyl groups is 1. The van der Waals surface area contributed by atoms with Crippen LogP contribution < -0.4 is 0 Å². The first-order chi connectivity index (χ1) is 8.35. The van der Waals surface area contributed by atoms with Crippen molar-refractivity contribution < 1.29 is 5.11 Å². The molecular weight excluding hydrogens is 212 g/mol. The molecule has 17 heavy (non-hydrogen) atoms. The van der Waals surface area contributed by atoms with Crippen LogP contribution in [0.4, 0.5) is 0 Å². The summed E-state index contributed by atoms with van der Waals surface area (Å²) in [6.45, 7) is 0.0702. The van der Waals surface area contributed by atoms with E-state index in [9.17, 15) is 0 Å². The molecule has 0 spiro atoms. The molecule has 3 heteroatoms. The van der Waals surface area contributed by atoms with Gasteiger partial charge in [0.15, 0.2) is 0 Å². The van der Waals surface area contributed by atoms with E-state index in [2.05, 4.69) is 0 Å². The van der Waals surface area contributed by atoms with Crippen LogP contribution in [0.2, 0.25) is 0 Å². The van der Waals surface area contributed by atoms with Gasteiger partial charge in [-0.3, -0.25) is 0 Å². The summed E-state index contributed by atoms with van der Waals surface area (Å²) in [6, 6.07) is 5.85. The molecule has 2 aliphatic carbocycles. The van der Waals surface area contributed by atoms with Crippen LogP contribution in [0.25, 0.3) is 11.0 Å². The third kappa shape index (κ3) is 1.26. The molecule has 1 N–H and O–H groups in total. The van der Waals surface area contributed by atoms with Gasteiger partial charge in [0, 0.05) is 11.8 Å². The van der Waals surface area contributed by atoms with Crippen molar-refractivity contribution in [3.8, 4) is 0 Å². The fourth-order valence-corrected chi connectivity index (χ4v) is 3.30. The Bertz CT molecular complexity index is 608. The van der Waals surface area contributed by atoms with Gasteiger partial charge in [-0.15, -0.1) is 0 Å². The predicted molar refractivity (Wildman–Crippen MR) is 64.8 cm³/mol. The van der Waals surface area contributed by atoms with E-state index in [0.717, 1.165) is 16.6 Å². The minimum atomic E-state index is 0.0702. The van der Waals surface area contributed by atoms with E-state index in [-0.39, 0.29) is 6.61 Å². The lowest BCUT2D eigenvalue weighted by atomic mass is 10.00. The molecule has 0 amide bonds. The maximum atomic E-state index is 9.15. The van der Waals surface area contributed by atoms with E-state index in [1.807, 2.05) is 18.2 Å². The lowest BCUT2D eigenvalue weighted by Gasteiger charge is -2.13. The second-order valence-corrected chi connectivity index (χ2v) is 5.18. The van der Waals surface area contributed by atoms with Crippen molar-refractivity contribution in [2.45, 2.75) is 37.7 Å². The Morgan fingerprint density at radius 3 is 2.47 bits per heavy atom. The van der Waals surface area contributed by atoms with Crippen LogP contribution in [0.5, 0.6) is 0 Å². The second-order valence-electron chi connectivity index (χ2n) is 5.18. The average molecular weight is 226 g/mol. The van der Waals surface area contributed by atoms with Gasteiger partial charge in [0.2, 0.25) is 0 Å². The van der Waals surface area contributed by atoms with Gasteiger partial charge < -0.3 is 5.11 Å². The topological polar surface area (TPSA) is 46.0 Å². The van der Waals surface area contributed by atoms with Gasteiger partial charge >= 0.3 is 0 Å². The molecule has 86 valence electrons. The largest absolute Gasteiger partial charge is 0.392 e. The van der Waals surface area contributed by atoms with Crippen LogP contribution >= 0.6 is 0 Å². The summed E-state index contributed by atoms with van der Waals surface area (Å²) < 4.78 is 0. The van der Waals surface area contributed by atoms with Crippen molar-refractivity contribution in [2.75, 3.05) is 0 Å². The highest BCUT2D eigenvalue weighted by molar-refractivity contribution is 5.75. The summed E-state index contributed by atoms with van der Waals surface area (Å²) >= 11 is 0. The third-order valence-corrected chi connectivity index (χ3v) is 4.17. The van der Waals surface area contributed by atoms with Gasteiger partial charge in [0.25, 0.3) is 0 Å². The zero-order valence-corrected chi connectivity index (χ0v) is 9.56. The average Bonchev–Trinajstić information content (AvgIpc) is 2.97. The molecule has 0 aliphatic heterocycles. The molecule has 1 fully saturated rings. The number of rotatable bonds is 1. The molecule has 0 saturated heterocycles. The Hall–Kier alpha value is -1.48. The van der Waals surface area contributed by atoms with Crippen LogP contribution in [0.15, 0.2) is 18.2 Å². The highest BCUT2D eigenvalue weighted by Gasteiger charge is 2.39. The molecule has 1 heterocycles. The van der Waals surface area contributed by atoms with Gasteiger partial charge in [-0.2, -0.15) is 0 Å². The Labute approximate surface area is 99.5 Å². The summed E-state index contributed by atoms with van der Waals surface area (Å²) in [6.07, 6.45) is 3.81. The van der Waals surface area contributed by atoms with E-state index in [1.54, 1.807) is 0 Å². The van der Waals surface area contributed by atoms with Crippen molar-refractivity contribution in [3.63, 3.8) is 0 Å². The second kappa shape index (κ2) is 3.26. The van der Waals surface area contributed by atoms with E-state index in [0.29, 0.717) is 11.8 Å². The molecule has 2 atom stereocenters. The van der Waals surface area contributed by atoms with Crippen molar-refractivity contribution in [2.24, 2.45) is 0 Å². The molecule has 2 aliphatic rings. The molecule has 4 rings (SSSR count). The first-order valence-corrected chi connectivity index (χ1v) is 6.26. The standard InChI is InChI=1S/C14H14N2O/c17-7-8-1-4-11-12(5-8)16-14-10-3-2-9(6-10)13(14)15-11/h1,4-5,9-10,17H,2-3,6-7H2/t9-,10+/m0/s1. The minimum Gasteiger partial charge on any atom is -0.392 e. The number of hydrogen-bond donors (Lipinski definition) is 1. The van der Waals surface area contributed by atoms with Gasteiger partial charge in [-0.25, -0.2) is 9.97 Å². The Kier molecular flexibility index (Phi) is 1.83. The molecule has 1 aromatic carbocycles. The van der Waals surface area contributed by atoms with Gasteiger partial charge in [0.1, 0.15) is 0 Å². The van der Waals surface area contributed by atoms with Crippen molar-refractivity contribution in [3.05, 3.63) is 35.2 Å². The van der Waals surface area contributed by atoms with Crippen molar-refractivity contribution >= 4 is 11.0 Å². The first kappa shape index (κ1) is 9.54. The molecule has 0 radical (unpaired) electrons. The summed E-state index contributed by atoms with van der Waals surface area (Å²) in [4.78, 5) is 9.54. The summed E-state index contributed by atoms with van der Waals surface area (Å²) in [5.41, 5.74) is 5.28. The lowest BCUT2D eigenvalue weighted by Crippen LogP contribution is -2.04. The predicted octanol–water partition coefficient (Wildman–Crippen LogP) is 2.49. The van der Waals surface area contributed by atoms with Gasteiger partial charge in [0.05, 0.1) is 29.0 Å². The zero-order chi connectivity index (χ0) is 11.4. The van der Waals surface area contributed by atoms with E-state index in [4.69, 9.17) is 15.1 Å². The van der Waals surface area contributed by atoms with Crippen LogP contribution in [0, 0.1) is 0 Å². The molecule has 1 saturated carbocycles. The molecule has 1 aromatic heterocycles. The zero-order valence-electron chi connectivity index (χ0n) is 9.56. The summed E-state index contributed by atoms with van der Waals surface area (Å²) in [7, 11) is 0. The normalized spacial score (nSPS) is 25.5. The fourth-order valence-electron chi connectivity index (χ4n) is 3.30.